The third-order valence-corrected chi connectivity index (χ3v) is 14.8. The predicted octanol–water partition coefficient (Wildman–Crippen LogP) is 7.72. The highest BCUT2D eigenvalue weighted by molar-refractivity contribution is 7.90. The fourth-order valence-electron chi connectivity index (χ4n) is 9.53. The number of nitrogens with zero attached hydrogens (tertiary/aromatic N) is 5. The zero-order valence-electron chi connectivity index (χ0n) is 37.1. The Morgan fingerprint density at radius 1 is 1.00 bits per heavy atom. The average Bonchev–Trinajstić information content (AvgIpc) is 4.03. The number of allylic oxidation sites excluding steroid dienone is 1. The van der Waals surface area contributed by atoms with Gasteiger partial charge in [0.05, 0.1) is 47.4 Å². The van der Waals surface area contributed by atoms with Gasteiger partial charge in [0, 0.05) is 92.9 Å². The second-order valence-electron chi connectivity index (χ2n) is 18.3. The van der Waals surface area contributed by atoms with Crippen LogP contribution >= 0.6 is 11.6 Å². The highest BCUT2D eigenvalue weighted by Gasteiger charge is 2.33. The van der Waals surface area contributed by atoms with E-state index in [9.17, 15) is 23.3 Å². The largest absolute Gasteiger partial charge is 0.455 e. The number of nitro benzene ring substituents is 1. The molecule has 2 unspecified atom stereocenters. The fraction of sp³-hybridized carbons (Fsp3) is 0.417. The molecular weight excluding hydrogens is 884 g/mol. The van der Waals surface area contributed by atoms with Gasteiger partial charge in [-0.05, 0) is 90.8 Å². The standard InChI is InChI=1S/C48H55ClN8O8S/c1-48(2)14-11-34(42(26-48)32-3-5-35(49)6-4-32)29-54-16-18-55(19-17-54)36-7-9-41(45(24-36)65-39-23-33-12-15-50-46(33)52-28-39)47(58)53-66(61,62)40-8-10-43(44(25-40)57(59)60)51-27-38-31-64-22-20-56(38)37-13-21-63-30-37/h3-10,12,15,23-25,28,37-38,51H,11,13-14,16-22,26-27,29-31H2,1-2H3,(H,50,52)(H,53,58). The number of amides is 1. The molecule has 3 N–H and O–H groups in total. The van der Waals surface area contributed by atoms with Crippen molar-refractivity contribution in [3.63, 3.8) is 0 Å². The molecule has 5 heterocycles. The van der Waals surface area contributed by atoms with Gasteiger partial charge in [-0.15, -0.1) is 0 Å². The molecular formula is C48H55ClN8O8S. The third-order valence-electron chi connectivity index (χ3n) is 13.2. The maximum absolute atomic E-state index is 14.0. The first kappa shape index (κ1) is 45.6. The molecule has 2 aromatic heterocycles. The lowest BCUT2D eigenvalue weighted by Crippen LogP contribution is -2.53. The smallest absolute Gasteiger partial charge is 0.293 e. The number of ether oxygens (including phenoxy) is 3. The van der Waals surface area contributed by atoms with Crippen LogP contribution in [-0.2, 0) is 19.5 Å². The van der Waals surface area contributed by atoms with E-state index < -0.39 is 31.4 Å². The lowest BCUT2D eigenvalue weighted by atomic mass is 9.72. The summed E-state index contributed by atoms with van der Waals surface area (Å²) in [4.78, 5) is 39.8. The van der Waals surface area contributed by atoms with Crippen LogP contribution < -0.4 is 19.7 Å². The Kier molecular flexibility index (Phi) is 13.4. The molecule has 3 aromatic carbocycles. The number of aromatic amines is 1. The molecule has 0 bridgehead atoms. The molecule has 3 aliphatic heterocycles. The van der Waals surface area contributed by atoms with Crippen LogP contribution in [0.4, 0.5) is 17.1 Å². The molecule has 0 spiro atoms. The number of H-pyrrole nitrogens is 1. The number of morpholine rings is 1. The van der Waals surface area contributed by atoms with Crippen LogP contribution in [0.15, 0.2) is 95.7 Å². The summed E-state index contributed by atoms with van der Waals surface area (Å²) < 4.78 is 47.5. The van der Waals surface area contributed by atoms with Crippen LogP contribution in [0.25, 0.3) is 16.6 Å². The molecule has 16 nitrogen and oxygen atoms in total. The van der Waals surface area contributed by atoms with Crippen LogP contribution in [0.5, 0.6) is 11.5 Å². The maximum atomic E-state index is 14.0. The molecule has 5 aromatic rings. The number of hydrogen-bond acceptors (Lipinski definition) is 13. The van der Waals surface area contributed by atoms with E-state index in [2.05, 4.69) is 60.7 Å². The van der Waals surface area contributed by atoms with Gasteiger partial charge in [-0.2, -0.15) is 0 Å². The Morgan fingerprint density at radius 3 is 2.58 bits per heavy atom. The van der Waals surface area contributed by atoms with Crippen LogP contribution in [0, 0.1) is 15.5 Å². The zero-order valence-corrected chi connectivity index (χ0v) is 38.7. The number of pyridine rings is 1. The number of carbonyl (C=O) groups excluding carboxylic acids is 1. The van der Waals surface area contributed by atoms with E-state index >= 15 is 0 Å². The number of sulfonamides is 1. The van der Waals surface area contributed by atoms with Gasteiger partial charge in [0.25, 0.3) is 21.6 Å². The summed E-state index contributed by atoms with van der Waals surface area (Å²) in [5.74, 6) is -0.493. The topological polar surface area (TPSA) is 184 Å². The minimum Gasteiger partial charge on any atom is -0.455 e. The summed E-state index contributed by atoms with van der Waals surface area (Å²) in [7, 11) is -4.60. The van der Waals surface area contributed by atoms with Crippen LogP contribution in [0.2, 0.25) is 5.02 Å². The van der Waals surface area contributed by atoms with Crippen molar-refractivity contribution in [3.05, 3.63) is 117 Å². The minimum absolute atomic E-state index is 0.0447. The first-order valence-electron chi connectivity index (χ1n) is 22.5. The number of piperazine rings is 1. The molecule has 2 atom stereocenters. The zero-order chi connectivity index (χ0) is 46.0. The summed E-state index contributed by atoms with van der Waals surface area (Å²) >= 11 is 6.25. The second kappa shape index (κ2) is 19.3. The first-order chi connectivity index (χ1) is 31.8. The maximum Gasteiger partial charge on any atom is 0.293 e. The Labute approximate surface area is 389 Å². The average molecular weight is 940 g/mol. The Balaban J connectivity index is 0.916. The van der Waals surface area contributed by atoms with Crippen molar-refractivity contribution >= 4 is 61.2 Å². The Morgan fingerprint density at radius 2 is 1.80 bits per heavy atom. The quantitative estimate of drug-likeness (QED) is 0.0727. The minimum atomic E-state index is -4.60. The van der Waals surface area contributed by atoms with Crippen molar-refractivity contribution < 1.29 is 32.3 Å². The molecule has 18 heteroatoms. The van der Waals surface area contributed by atoms with Gasteiger partial charge >= 0.3 is 0 Å². The number of nitrogens with one attached hydrogen (secondary N) is 3. The molecule has 1 aliphatic carbocycles. The van der Waals surface area contributed by atoms with Crippen molar-refractivity contribution in [2.24, 2.45) is 5.41 Å². The highest BCUT2D eigenvalue weighted by Crippen LogP contribution is 2.43. The molecule has 9 rings (SSSR count). The number of anilines is 2. The molecule has 4 aliphatic rings. The van der Waals surface area contributed by atoms with Crippen LogP contribution in [0.1, 0.15) is 55.5 Å². The van der Waals surface area contributed by atoms with Gasteiger partial charge in [-0.25, -0.2) is 18.1 Å². The predicted molar refractivity (Wildman–Crippen MR) is 254 cm³/mol. The van der Waals surface area contributed by atoms with E-state index in [1.807, 2.05) is 18.2 Å². The molecule has 3 fully saturated rings. The van der Waals surface area contributed by atoms with E-state index in [4.69, 9.17) is 25.8 Å². The van der Waals surface area contributed by atoms with E-state index in [1.165, 1.54) is 35.0 Å². The number of hydrogen-bond donors (Lipinski definition) is 3. The van der Waals surface area contributed by atoms with Gasteiger partial charge in [0.2, 0.25) is 0 Å². The molecule has 0 radical (unpaired) electrons. The lowest BCUT2D eigenvalue weighted by molar-refractivity contribution is -0.384. The lowest BCUT2D eigenvalue weighted by Gasteiger charge is -2.39. The van der Waals surface area contributed by atoms with Crippen LogP contribution in [0.3, 0.4) is 0 Å². The van der Waals surface area contributed by atoms with Gasteiger partial charge in [-0.1, -0.05) is 43.2 Å². The highest BCUT2D eigenvalue weighted by atomic mass is 35.5. The number of halogens is 1. The third kappa shape index (κ3) is 10.4. The fourth-order valence-corrected chi connectivity index (χ4v) is 10.6. The normalized spacial score (nSPS) is 20.7. The van der Waals surface area contributed by atoms with Crippen molar-refractivity contribution in [2.45, 2.75) is 56.5 Å². The van der Waals surface area contributed by atoms with Crippen molar-refractivity contribution in [3.8, 4) is 11.5 Å². The van der Waals surface area contributed by atoms with E-state index in [0.29, 0.717) is 44.4 Å². The Bertz CT molecular complexity index is 2730. The molecule has 66 heavy (non-hydrogen) atoms. The molecule has 348 valence electrons. The van der Waals surface area contributed by atoms with Crippen molar-refractivity contribution in [1.29, 1.82) is 0 Å². The number of rotatable bonds is 14. The number of nitro groups is 1. The van der Waals surface area contributed by atoms with Gasteiger partial charge in [-0.3, -0.25) is 24.7 Å². The van der Waals surface area contributed by atoms with E-state index in [1.54, 1.807) is 30.5 Å². The Hall–Kier alpha value is -5.56. The summed E-state index contributed by atoms with van der Waals surface area (Å²) in [6, 6.07) is 20.6. The summed E-state index contributed by atoms with van der Waals surface area (Å²) in [6.07, 6.45) is 7.37. The van der Waals surface area contributed by atoms with E-state index in [-0.39, 0.29) is 34.5 Å². The molecule has 1 amide bonds. The monoisotopic (exact) mass is 938 g/mol. The SMILES string of the molecule is CC1(C)CCC(CN2CCN(c3ccc(C(=O)NS(=O)(=O)c4ccc(NCC5COCCN5C5CCOC5)c([N+](=O)[O-])c4)c(Oc4cnc5[nH]ccc5c4)c3)CC2)=C(c2ccc(Cl)cc2)C1. The van der Waals surface area contributed by atoms with Gasteiger partial charge < -0.3 is 29.4 Å². The number of fused-ring (bicyclic) bond motifs is 1. The second-order valence-corrected chi connectivity index (χ2v) is 20.4. The van der Waals surface area contributed by atoms with Crippen LogP contribution in [-0.4, -0.2) is 123 Å². The van der Waals surface area contributed by atoms with Gasteiger partial charge in [0.15, 0.2) is 0 Å². The number of carbonyl (C=O) groups is 1. The van der Waals surface area contributed by atoms with Crippen molar-refractivity contribution in [1.82, 2.24) is 24.5 Å². The summed E-state index contributed by atoms with van der Waals surface area (Å²) in [5, 5.41) is 17.0. The first-order valence-corrected chi connectivity index (χ1v) is 24.3. The van der Waals surface area contributed by atoms with E-state index in [0.717, 1.165) is 87.1 Å². The number of aromatic nitrogens is 2. The van der Waals surface area contributed by atoms with Gasteiger partial charge in [0.1, 0.15) is 22.8 Å². The van der Waals surface area contributed by atoms with Crippen molar-refractivity contribution in [2.75, 3.05) is 82.5 Å². The summed E-state index contributed by atoms with van der Waals surface area (Å²) in [5.41, 5.74) is 5.44. The summed E-state index contributed by atoms with van der Waals surface area (Å²) in [6.45, 7) is 12.0. The molecule has 0 saturated carbocycles. The molecule has 3 saturated heterocycles. The number of benzene rings is 3.